The zero-order valence-electron chi connectivity index (χ0n) is 10.7. The monoisotopic (exact) mass is 282 g/mol. The number of benzene rings is 1. The summed E-state index contributed by atoms with van der Waals surface area (Å²) in [7, 11) is 0. The second-order valence-corrected chi connectivity index (χ2v) is 5.76. The zero-order valence-corrected chi connectivity index (χ0v) is 12.2. The number of halogens is 1. The van der Waals surface area contributed by atoms with Crippen molar-refractivity contribution < 1.29 is 0 Å². The summed E-state index contributed by atoms with van der Waals surface area (Å²) < 4.78 is 0. The fourth-order valence-electron chi connectivity index (χ4n) is 2.61. The van der Waals surface area contributed by atoms with Gasteiger partial charge in [-0.3, -0.25) is 0 Å². The molecule has 18 heavy (non-hydrogen) atoms. The Kier molecular flexibility index (Phi) is 4.46. The molecule has 1 fully saturated rings. The molecule has 0 saturated carbocycles. The minimum Gasteiger partial charge on any atom is -0.389 e. The summed E-state index contributed by atoms with van der Waals surface area (Å²) in [5.41, 5.74) is 7.56. The van der Waals surface area contributed by atoms with Gasteiger partial charge in [0.2, 0.25) is 0 Å². The molecule has 1 atom stereocenters. The number of nitrogens with zero attached hydrogens (tertiary/aromatic N) is 1. The molecule has 0 aliphatic carbocycles. The molecule has 2 N–H and O–H groups in total. The maximum atomic E-state index is 6.21. The van der Waals surface area contributed by atoms with E-state index in [-0.39, 0.29) is 0 Å². The van der Waals surface area contributed by atoms with Crippen molar-refractivity contribution in [1.82, 2.24) is 0 Å². The van der Waals surface area contributed by atoms with Gasteiger partial charge in [-0.05, 0) is 37.0 Å². The fourth-order valence-corrected chi connectivity index (χ4v) is 3.12. The highest BCUT2D eigenvalue weighted by molar-refractivity contribution is 7.80. The molecule has 0 radical (unpaired) electrons. The minimum atomic E-state index is 0.358. The van der Waals surface area contributed by atoms with Crippen molar-refractivity contribution in [3.05, 3.63) is 28.8 Å². The molecule has 0 aromatic heterocycles. The van der Waals surface area contributed by atoms with Crippen LogP contribution in [0.2, 0.25) is 5.02 Å². The Balaban J connectivity index is 2.11. The van der Waals surface area contributed by atoms with Crippen molar-refractivity contribution in [2.45, 2.75) is 26.2 Å². The first-order chi connectivity index (χ1) is 8.61. The standard InChI is InChI=1S/C14H19ClN2S/c1-2-3-10-6-7-17(9-10)11-4-5-12(14(16)18)13(15)8-11/h4-5,8,10H,2-3,6-7,9H2,1H3,(H2,16,18). The summed E-state index contributed by atoms with van der Waals surface area (Å²) in [4.78, 5) is 2.76. The van der Waals surface area contributed by atoms with Gasteiger partial charge in [-0.15, -0.1) is 0 Å². The molecule has 2 nitrogen and oxygen atoms in total. The largest absolute Gasteiger partial charge is 0.389 e. The van der Waals surface area contributed by atoms with Crippen LogP contribution in [0.5, 0.6) is 0 Å². The molecular formula is C14H19ClN2S. The van der Waals surface area contributed by atoms with Gasteiger partial charge in [0.05, 0.1) is 5.02 Å². The maximum Gasteiger partial charge on any atom is 0.105 e. The van der Waals surface area contributed by atoms with Crippen LogP contribution in [-0.4, -0.2) is 18.1 Å². The first-order valence-electron chi connectivity index (χ1n) is 6.46. The Morgan fingerprint density at radius 1 is 1.56 bits per heavy atom. The van der Waals surface area contributed by atoms with Gasteiger partial charge in [0.15, 0.2) is 0 Å². The van der Waals surface area contributed by atoms with Crippen molar-refractivity contribution in [3.8, 4) is 0 Å². The molecule has 4 heteroatoms. The van der Waals surface area contributed by atoms with Crippen LogP contribution in [0.4, 0.5) is 5.69 Å². The molecule has 1 aromatic rings. The Labute approximate surface area is 119 Å². The van der Waals surface area contributed by atoms with E-state index in [9.17, 15) is 0 Å². The molecular weight excluding hydrogens is 264 g/mol. The van der Waals surface area contributed by atoms with Gasteiger partial charge in [0.25, 0.3) is 0 Å². The number of nitrogens with two attached hydrogens (primary N) is 1. The summed E-state index contributed by atoms with van der Waals surface area (Å²) in [6, 6.07) is 5.96. The first-order valence-corrected chi connectivity index (χ1v) is 7.24. The van der Waals surface area contributed by atoms with Gasteiger partial charge in [0.1, 0.15) is 4.99 Å². The molecule has 0 spiro atoms. The molecule has 1 saturated heterocycles. The quantitative estimate of drug-likeness (QED) is 0.856. The van der Waals surface area contributed by atoms with E-state index in [0.717, 1.165) is 24.6 Å². The third-order valence-electron chi connectivity index (χ3n) is 3.57. The number of hydrogen-bond acceptors (Lipinski definition) is 2. The van der Waals surface area contributed by atoms with Crippen LogP contribution in [0.1, 0.15) is 31.7 Å². The Bertz CT molecular complexity index is 447. The van der Waals surface area contributed by atoms with Gasteiger partial charge >= 0.3 is 0 Å². The normalized spacial score (nSPS) is 19.2. The summed E-state index contributed by atoms with van der Waals surface area (Å²) in [5, 5.41) is 0.652. The van der Waals surface area contributed by atoms with Gasteiger partial charge < -0.3 is 10.6 Å². The molecule has 1 unspecified atom stereocenters. The van der Waals surface area contributed by atoms with E-state index in [2.05, 4.69) is 17.9 Å². The van der Waals surface area contributed by atoms with E-state index in [1.54, 1.807) is 0 Å². The highest BCUT2D eigenvalue weighted by atomic mass is 35.5. The second kappa shape index (κ2) is 5.89. The van der Waals surface area contributed by atoms with Crippen LogP contribution in [0, 0.1) is 5.92 Å². The lowest BCUT2D eigenvalue weighted by Gasteiger charge is -2.19. The van der Waals surface area contributed by atoms with Crippen LogP contribution < -0.4 is 10.6 Å². The number of anilines is 1. The predicted octanol–water partition coefficient (Wildman–Crippen LogP) is 3.60. The highest BCUT2D eigenvalue weighted by Gasteiger charge is 2.22. The van der Waals surface area contributed by atoms with Gasteiger partial charge in [-0.25, -0.2) is 0 Å². The molecule has 98 valence electrons. The summed E-state index contributed by atoms with van der Waals surface area (Å²) in [5.74, 6) is 0.823. The van der Waals surface area contributed by atoms with Crippen molar-refractivity contribution in [2.24, 2.45) is 11.7 Å². The lowest BCUT2D eigenvalue weighted by atomic mass is 10.0. The van der Waals surface area contributed by atoms with Crippen LogP contribution in [0.25, 0.3) is 0 Å². The summed E-state index contributed by atoms with van der Waals surface area (Å²) in [6.45, 7) is 4.50. The molecule has 0 amide bonds. The molecule has 2 rings (SSSR count). The van der Waals surface area contributed by atoms with E-state index >= 15 is 0 Å². The van der Waals surface area contributed by atoms with Crippen LogP contribution in [0.3, 0.4) is 0 Å². The van der Waals surface area contributed by atoms with Gasteiger partial charge in [0, 0.05) is 24.3 Å². The average Bonchev–Trinajstić information content (AvgIpc) is 2.77. The Morgan fingerprint density at radius 2 is 2.33 bits per heavy atom. The van der Waals surface area contributed by atoms with E-state index in [4.69, 9.17) is 29.6 Å². The van der Waals surface area contributed by atoms with Crippen molar-refractivity contribution in [3.63, 3.8) is 0 Å². The van der Waals surface area contributed by atoms with Crippen LogP contribution in [-0.2, 0) is 0 Å². The smallest absolute Gasteiger partial charge is 0.105 e. The molecule has 0 bridgehead atoms. The van der Waals surface area contributed by atoms with Crippen molar-refractivity contribution in [2.75, 3.05) is 18.0 Å². The summed E-state index contributed by atoms with van der Waals surface area (Å²) >= 11 is 11.2. The van der Waals surface area contributed by atoms with Crippen LogP contribution in [0.15, 0.2) is 18.2 Å². The number of hydrogen-bond donors (Lipinski definition) is 1. The molecule has 1 aliphatic heterocycles. The fraction of sp³-hybridized carbons (Fsp3) is 0.500. The summed E-state index contributed by atoms with van der Waals surface area (Å²) in [6.07, 6.45) is 3.86. The van der Waals surface area contributed by atoms with Gasteiger partial charge in [-0.1, -0.05) is 37.2 Å². The van der Waals surface area contributed by atoms with Crippen LogP contribution >= 0.6 is 23.8 Å². The number of thiocarbonyl (C=S) groups is 1. The van der Waals surface area contributed by atoms with Gasteiger partial charge in [-0.2, -0.15) is 0 Å². The minimum absolute atomic E-state index is 0.358. The topological polar surface area (TPSA) is 29.3 Å². The molecule has 1 heterocycles. The maximum absolute atomic E-state index is 6.21. The van der Waals surface area contributed by atoms with E-state index < -0.39 is 0 Å². The lowest BCUT2D eigenvalue weighted by Crippen LogP contribution is -2.20. The SMILES string of the molecule is CCCC1CCN(c2ccc(C(N)=S)c(Cl)c2)C1. The van der Waals surface area contributed by atoms with Crippen molar-refractivity contribution in [1.29, 1.82) is 0 Å². The second-order valence-electron chi connectivity index (χ2n) is 4.92. The van der Waals surface area contributed by atoms with Crippen molar-refractivity contribution >= 4 is 34.5 Å². The Morgan fingerprint density at radius 3 is 2.94 bits per heavy atom. The highest BCUT2D eigenvalue weighted by Crippen LogP contribution is 2.29. The lowest BCUT2D eigenvalue weighted by molar-refractivity contribution is 0.530. The van der Waals surface area contributed by atoms with E-state index in [1.165, 1.54) is 24.9 Å². The molecule has 1 aromatic carbocycles. The third kappa shape index (κ3) is 2.96. The zero-order chi connectivity index (χ0) is 13.1. The van der Waals surface area contributed by atoms with E-state index in [1.807, 2.05) is 12.1 Å². The predicted molar refractivity (Wildman–Crippen MR) is 82.6 cm³/mol. The average molecular weight is 283 g/mol. The molecule has 1 aliphatic rings. The van der Waals surface area contributed by atoms with E-state index in [0.29, 0.717) is 10.0 Å². The Hall–Kier alpha value is -0.800. The number of rotatable bonds is 4. The third-order valence-corrected chi connectivity index (χ3v) is 4.10. The first kappa shape index (κ1) is 13.6.